The molecule has 1 atom stereocenters. The summed E-state index contributed by atoms with van der Waals surface area (Å²) < 4.78 is 5.11. The molecular formula is C26H30N4O3S. The van der Waals surface area contributed by atoms with Gasteiger partial charge < -0.3 is 21.1 Å². The Labute approximate surface area is 203 Å². The summed E-state index contributed by atoms with van der Waals surface area (Å²) >= 11 is 1.37. The van der Waals surface area contributed by atoms with Crippen LogP contribution in [0.15, 0.2) is 35.8 Å². The smallest absolute Gasteiger partial charge is 0.336 e. The Balaban J connectivity index is 1.37. The zero-order valence-corrected chi connectivity index (χ0v) is 20.3. The van der Waals surface area contributed by atoms with Gasteiger partial charge in [-0.1, -0.05) is 0 Å². The first-order valence-electron chi connectivity index (χ1n) is 12.1. The number of nitrogens with two attached hydrogens (primary N) is 1. The monoisotopic (exact) mass is 478 g/mol. The fourth-order valence-electron chi connectivity index (χ4n) is 7.43. The van der Waals surface area contributed by atoms with Crippen LogP contribution in [0.4, 0.5) is 10.7 Å². The molecule has 8 heteroatoms. The molecule has 1 amide bonds. The van der Waals surface area contributed by atoms with Gasteiger partial charge in [-0.15, -0.1) is 11.3 Å². The second kappa shape index (κ2) is 7.83. The molecule has 34 heavy (non-hydrogen) atoms. The summed E-state index contributed by atoms with van der Waals surface area (Å²) in [5, 5.41) is 7.58. The largest absolute Gasteiger partial charge is 0.466 e. The van der Waals surface area contributed by atoms with Crippen LogP contribution in [0, 0.1) is 17.8 Å². The van der Waals surface area contributed by atoms with E-state index in [0.717, 1.165) is 53.1 Å². The third-order valence-electron chi connectivity index (χ3n) is 8.33. The maximum Gasteiger partial charge on any atom is 0.336 e. The number of amides is 1. The summed E-state index contributed by atoms with van der Waals surface area (Å²) in [5.41, 5.74) is 9.88. The van der Waals surface area contributed by atoms with Crippen molar-refractivity contribution in [2.75, 3.05) is 18.2 Å². The van der Waals surface area contributed by atoms with Crippen LogP contribution in [0.25, 0.3) is 0 Å². The van der Waals surface area contributed by atoms with Crippen molar-refractivity contribution in [3.8, 4) is 0 Å². The van der Waals surface area contributed by atoms with Crippen LogP contribution >= 0.6 is 11.3 Å². The minimum absolute atomic E-state index is 0.0912. The van der Waals surface area contributed by atoms with E-state index in [-0.39, 0.29) is 11.4 Å². The fraction of sp³-hybridized carbons (Fsp3) is 0.500. The van der Waals surface area contributed by atoms with E-state index in [2.05, 4.69) is 15.6 Å². The van der Waals surface area contributed by atoms with Crippen LogP contribution in [-0.2, 0) is 9.53 Å². The number of allylic oxidation sites excluding steroid dienone is 1. The molecule has 4 N–H and O–H groups in total. The molecule has 4 aliphatic carbocycles. The van der Waals surface area contributed by atoms with Gasteiger partial charge in [-0.05, 0) is 80.9 Å². The van der Waals surface area contributed by atoms with E-state index in [9.17, 15) is 9.59 Å². The van der Waals surface area contributed by atoms with Crippen molar-refractivity contribution in [1.29, 1.82) is 0 Å². The number of hydrogen-bond donors (Lipinski definition) is 3. The molecule has 1 unspecified atom stereocenters. The van der Waals surface area contributed by atoms with E-state index >= 15 is 0 Å². The average molecular weight is 479 g/mol. The lowest BCUT2D eigenvalue weighted by Crippen LogP contribution is -2.59. The molecule has 4 bridgehead atoms. The minimum atomic E-state index is -0.427. The topological polar surface area (TPSA) is 106 Å². The molecule has 5 aliphatic rings. The van der Waals surface area contributed by atoms with Gasteiger partial charge in [0.15, 0.2) is 0 Å². The highest BCUT2D eigenvalue weighted by Crippen LogP contribution is 2.56. The number of thiophene rings is 1. The quantitative estimate of drug-likeness (QED) is 0.562. The Morgan fingerprint density at radius 2 is 1.76 bits per heavy atom. The number of carbonyl (C=O) groups is 2. The number of anilines is 2. The van der Waals surface area contributed by atoms with Gasteiger partial charge in [-0.25, -0.2) is 4.79 Å². The second-order valence-electron chi connectivity index (χ2n) is 10.6. The lowest BCUT2D eigenvalue weighted by Gasteiger charge is -2.56. The Hall–Kier alpha value is -2.87. The fourth-order valence-corrected chi connectivity index (χ4v) is 8.54. The van der Waals surface area contributed by atoms with Crippen molar-refractivity contribution in [1.82, 2.24) is 10.3 Å². The van der Waals surface area contributed by atoms with Crippen LogP contribution in [0.5, 0.6) is 0 Å². The first-order valence-corrected chi connectivity index (χ1v) is 12.9. The molecular weight excluding hydrogens is 448 g/mol. The number of pyridine rings is 1. The second-order valence-corrected chi connectivity index (χ2v) is 11.6. The van der Waals surface area contributed by atoms with E-state index in [1.807, 2.05) is 19.1 Å². The molecule has 0 saturated heterocycles. The van der Waals surface area contributed by atoms with Gasteiger partial charge >= 0.3 is 5.97 Å². The first kappa shape index (κ1) is 21.6. The number of esters is 1. The summed E-state index contributed by atoms with van der Waals surface area (Å²) in [4.78, 5) is 31.1. The Morgan fingerprint density at radius 3 is 2.35 bits per heavy atom. The maximum atomic E-state index is 13.6. The molecule has 7 nitrogen and oxygen atoms in total. The lowest BCUT2D eigenvalue weighted by molar-refractivity contribution is -0.136. The lowest BCUT2D eigenvalue weighted by atomic mass is 9.53. The van der Waals surface area contributed by atoms with Crippen molar-refractivity contribution >= 4 is 33.9 Å². The molecule has 3 heterocycles. The van der Waals surface area contributed by atoms with Gasteiger partial charge in [0.1, 0.15) is 4.88 Å². The summed E-state index contributed by atoms with van der Waals surface area (Å²) in [6, 6.07) is 3.75. The number of aromatic nitrogens is 1. The number of fused-ring (bicyclic) bond motifs is 1. The number of rotatable bonds is 4. The molecule has 2 aromatic rings. The molecule has 4 saturated carbocycles. The third-order valence-corrected chi connectivity index (χ3v) is 9.47. The van der Waals surface area contributed by atoms with Gasteiger partial charge in [-0.3, -0.25) is 9.78 Å². The highest BCUT2D eigenvalue weighted by molar-refractivity contribution is 7.19. The van der Waals surface area contributed by atoms with Crippen LogP contribution < -0.4 is 16.4 Å². The standard InChI is InChI=1S/C26H30N4O3S/c1-13-18(25(32)33-2)19(17-3-5-28-6-4-17)20-21(27)22(34-24(20)29-13)23(31)30-26-10-14-7-15(11-26)9-16(8-14)12-26/h3-6,14-16,19,29H,7-12,27H2,1-2H3,(H,30,31). The van der Waals surface area contributed by atoms with E-state index in [1.165, 1.54) is 37.7 Å². The van der Waals surface area contributed by atoms with Crippen molar-refractivity contribution in [2.24, 2.45) is 17.8 Å². The summed E-state index contributed by atoms with van der Waals surface area (Å²) in [5.74, 6) is 1.30. The van der Waals surface area contributed by atoms with Crippen LogP contribution in [0.1, 0.15) is 72.2 Å². The zero-order chi connectivity index (χ0) is 23.6. The number of nitrogen functional groups attached to an aromatic ring is 1. The van der Waals surface area contributed by atoms with Crippen molar-refractivity contribution in [2.45, 2.75) is 56.9 Å². The molecule has 0 radical (unpaired) electrons. The van der Waals surface area contributed by atoms with Gasteiger partial charge in [0.25, 0.3) is 5.91 Å². The predicted molar refractivity (Wildman–Crippen MR) is 132 cm³/mol. The van der Waals surface area contributed by atoms with Crippen LogP contribution in [-0.4, -0.2) is 29.5 Å². The van der Waals surface area contributed by atoms with Gasteiger partial charge in [0.2, 0.25) is 0 Å². The predicted octanol–water partition coefficient (Wildman–Crippen LogP) is 4.43. The van der Waals surface area contributed by atoms with Gasteiger partial charge in [0, 0.05) is 35.1 Å². The zero-order valence-electron chi connectivity index (χ0n) is 19.5. The summed E-state index contributed by atoms with van der Waals surface area (Å²) in [7, 11) is 1.38. The number of hydrogen-bond acceptors (Lipinski definition) is 7. The van der Waals surface area contributed by atoms with Crippen molar-refractivity contribution in [3.63, 3.8) is 0 Å². The molecule has 4 fully saturated rings. The Morgan fingerprint density at radius 1 is 1.15 bits per heavy atom. The SMILES string of the molecule is COC(=O)C1=C(C)Nc2sc(C(=O)NC34CC5CC(CC(C5)C3)C4)c(N)c2C1c1ccncc1. The van der Waals surface area contributed by atoms with Crippen LogP contribution in [0.2, 0.25) is 0 Å². The maximum absolute atomic E-state index is 13.6. The first-order chi connectivity index (χ1) is 16.4. The van der Waals surface area contributed by atoms with Crippen LogP contribution in [0.3, 0.4) is 0 Å². The van der Waals surface area contributed by atoms with Gasteiger partial charge in [0.05, 0.1) is 23.4 Å². The number of nitrogens with zero attached hydrogens (tertiary/aromatic N) is 1. The average Bonchev–Trinajstić information content (AvgIpc) is 3.13. The summed E-state index contributed by atoms with van der Waals surface area (Å²) in [6.45, 7) is 1.86. The number of carbonyl (C=O) groups excluding carboxylic acids is 2. The Kier molecular flexibility index (Phi) is 4.99. The third kappa shape index (κ3) is 3.34. The highest BCUT2D eigenvalue weighted by Gasteiger charge is 2.52. The van der Waals surface area contributed by atoms with E-state index in [4.69, 9.17) is 10.5 Å². The van der Waals surface area contributed by atoms with Crippen molar-refractivity contribution in [3.05, 3.63) is 51.8 Å². The number of nitrogens with one attached hydrogen (secondary N) is 2. The summed E-state index contributed by atoms with van der Waals surface area (Å²) in [6.07, 6.45) is 10.6. The number of methoxy groups -OCH3 is 1. The van der Waals surface area contributed by atoms with Crippen molar-refractivity contribution < 1.29 is 14.3 Å². The molecule has 1 aliphatic heterocycles. The highest BCUT2D eigenvalue weighted by atomic mass is 32.1. The van der Waals surface area contributed by atoms with E-state index in [0.29, 0.717) is 21.8 Å². The molecule has 178 valence electrons. The normalized spacial score (nSPS) is 31.1. The molecule has 0 spiro atoms. The van der Waals surface area contributed by atoms with E-state index < -0.39 is 11.9 Å². The Bertz CT molecular complexity index is 1170. The molecule has 2 aromatic heterocycles. The number of ether oxygens (including phenoxy) is 1. The van der Waals surface area contributed by atoms with E-state index in [1.54, 1.807) is 12.4 Å². The minimum Gasteiger partial charge on any atom is -0.466 e. The molecule has 7 rings (SSSR count). The molecule has 0 aromatic carbocycles. The van der Waals surface area contributed by atoms with Gasteiger partial charge in [-0.2, -0.15) is 0 Å².